The molecule has 0 radical (unpaired) electrons. The van der Waals surface area contributed by atoms with Crippen molar-refractivity contribution in [1.29, 1.82) is 0 Å². The van der Waals surface area contributed by atoms with E-state index in [1.54, 1.807) is 19.2 Å². The lowest BCUT2D eigenvalue weighted by atomic mass is 10.0. The molecule has 1 aliphatic heterocycles. The number of benzene rings is 1. The summed E-state index contributed by atoms with van der Waals surface area (Å²) >= 11 is 0. The maximum atomic E-state index is 13.4. The number of hydrogen-bond acceptors (Lipinski definition) is 6. The van der Waals surface area contributed by atoms with E-state index in [-0.39, 0.29) is 4.90 Å². The Morgan fingerprint density at radius 1 is 1.14 bits per heavy atom. The summed E-state index contributed by atoms with van der Waals surface area (Å²) < 4.78 is 38.7. The number of ether oxygens (including phenoxy) is 2. The van der Waals surface area contributed by atoms with Crippen LogP contribution in [0.5, 0.6) is 5.75 Å². The van der Waals surface area contributed by atoms with E-state index in [1.807, 2.05) is 19.9 Å². The lowest BCUT2D eigenvalue weighted by molar-refractivity contribution is 0.123. The van der Waals surface area contributed by atoms with Crippen molar-refractivity contribution in [3.63, 3.8) is 0 Å². The van der Waals surface area contributed by atoms with Crippen molar-refractivity contribution in [1.82, 2.24) is 19.4 Å². The van der Waals surface area contributed by atoms with Gasteiger partial charge in [-0.15, -0.1) is 0 Å². The van der Waals surface area contributed by atoms with Crippen LogP contribution in [-0.4, -0.2) is 81.4 Å². The Labute approximate surface area is 166 Å². The monoisotopic (exact) mass is 408 g/mol. The smallest absolute Gasteiger partial charge is 0.246 e. The van der Waals surface area contributed by atoms with Crippen LogP contribution in [0, 0.1) is 13.8 Å². The molecule has 9 heteroatoms. The number of H-pyrrole nitrogens is 1. The molecule has 1 fully saturated rings. The van der Waals surface area contributed by atoms with Crippen LogP contribution in [0.25, 0.3) is 11.1 Å². The zero-order valence-electron chi connectivity index (χ0n) is 16.9. The minimum Gasteiger partial charge on any atom is -0.495 e. The SMILES string of the molecule is COCCN1CCN(S(=O)(=O)c2cc(-c3c(C)n[nH]c3C)ccc2OC)CC1. The predicted octanol–water partition coefficient (Wildman–Crippen LogP) is 1.65. The van der Waals surface area contributed by atoms with Crippen molar-refractivity contribution in [2.24, 2.45) is 0 Å². The Morgan fingerprint density at radius 3 is 2.43 bits per heavy atom. The maximum Gasteiger partial charge on any atom is 0.246 e. The minimum absolute atomic E-state index is 0.192. The molecule has 0 unspecified atom stereocenters. The number of hydrogen-bond donors (Lipinski definition) is 1. The van der Waals surface area contributed by atoms with Gasteiger partial charge in [0, 0.05) is 51.1 Å². The number of aromatic nitrogens is 2. The zero-order valence-corrected chi connectivity index (χ0v) is 17.7. The summed E-state index contributed by atoms with van der Waals surface area (Å²) in [5.41, 5.74) is 3.46. The second kappa shape index (κ2) is 8.60. The fraction of sp³-hybridized carbons (Fsp3) is 0.526. The molecule has 1 aromatic heterocycles. The molecule has 0 atom stereocenters. The average molecular weight is 409 g/mol. The van der Waals surface area contributed by atoms with Gasteiger partial charge in [0.05, 0.1) is 19.4 Å². The summed E-state index contributed by atoms with van der Waals surface area (Å²) in [6.07, 6.45) is 0. The standard InChI is InChI=1S/C19H28N4O4S/c1-14-19(15(2)21-20-14)16-5-6-17(27-4)18(13-16)28(24,25)23-9-7-22(8-10-23)11-12-26-3/h5-6,13H,7-12H2,1-4H3,(H,20,21). The Balaban J connectivity index is 1.90. The van der Waals surface area contributed by atoms with E-state index < -0.39 is 10.0 Å². The second-order valence-electron chi connectivity index (χ2n) is 6.91. The second-order valence-corrected chi connectivity index (χ2v) is 8.82. The van der Waals surface area contributed by atoms with E-state index in [9.17, 15) is 8.42 Å². The van der Waals surface area contributed by atoms with Crippen molar-refractivity contribution >= 4 is 10.0 Å². The first-order valence-electron chi connectivity index (χ1n) is 9.30. The first-order valence-corrected chi connectivity index (χ1v) is 10.7. The number of aromatic amines is 1. The summed E-state index contributed by atoms with van der Waals surface area (Å²) in [5, 5.41) is 7.17. The van der Waals surface area contributed by atoms with Crippen molar-refractivity contribution in [3.8, 4) is 16.9 Å². The van der Waals surface area contributed by atoms with Gasteiger partial charge in [-0.1, -0.05) is 6.07 Å². The normalized spacial score (nSPS) is 16.4. The molecule has 0 amide bonds. The number of piperazine rings is 1. The molecule has 8 nitrogen and oxygen atoms in total. The highest BCUT2D eigenvalue weighted by Gasteiger charge is 2.31. The van der Waals surface area contributed by atoms with Gasteiger partial charge in [-0.25, -0.2) is 8.42 Å². The van der Waals surface area contributed by atoms with Crippen LogP contribution >= 0.6 is 0 Å². The van der Waals surface area contributed by atoms with Crippen LogP contribution < -0.4 is 4.74 Å². The van der Waals surface area contributed by atoms with Crippen LogP contribution in [0.3, 0.4) is 0 Å². The Morgan fingerprint density at radius 2 is 1.86 bits per heavy atom. The lowest BCUT2D eigenvalue weighted by Crippen LogP contribution is -2.49. The molecular weight excluding hydrogens is 380 g/mol. The highest BCUT2D eigenvalue weighted by molar-refractivity contribution is 7.89. The molecular formula is C19H28N4O4S. The molecule has 1 aliphatic rings. The molecule has 1 saturated heterocycles. The van der Waals surface area contributed by atoms with E-state index in [0.29, 0.717) is 38.5 Å². The maximum absolute atomic E-state index is 13.4. The van der Waals surface area contributed by atoms with Gasteiger partial charge in [0.1, 0.15) is 10.6 Å². The topological polar surface area (TPSA) is 87.8 Å². The van der Waals surface area contributed by atoms with Gasteiger partial charge in [0.15, 0.2) is 0 Å². The van der Waals surface area contributed by atoms with Crippen molar-refractivity contribution in [2.45, 2.75) is 18.7 Å². The lowest BCUT2D eigenvalue weighted by Gasteiger charge is -2.34. The van der Waals surface area contributed by atoms with Crippen LogP contribution in [0.2, 0.25) is 0 Å². The Hall–Kier alpha value is -1.94. The molecule has 28 heavy (non-hydrogen) atoms. The molecule has 0 aliphatic carbocycles. The zero-order chi connectivity index (χ0) is 20.3. The summed E-state index contributed by atoms with van der Waals surface area (Å²) in [6.45, 7) is 7.54. The molecule has 2 heterocycles. The fourth-order valence-electron chi connectivity index (χ4n) is 3.56. The van der Waals surface area contributed by atoms with Crippen LogP contribution in [0.15, 0.2) is 23.1 Å². The summed E-state index contributed by atoms with van der Waals surface area (Å²) in [6, 6.07) is 5.27. The van der Waals surface area contributed by atoms with Crippen LogP contribution in [-0.2, 0) is 14.8 Å². The van der Waals surface area contributed by atoms with Crippen LogP contribution in [0.1, 0.15) is 11.4 Å². The number of methoxy groups -OCH3 is 2. The van der Waals surface area contributed by atoms with Crippen molar-refractivity contribution in [2.75, 3.05) is 53.6 Å². The van der Waals surface area contributed by atoms with E-state index >= 15 is 0 Å². The third kappa shape index (κ3) is 4.07. The summed E-state index contributed by atoms with van der Waals surface area (Å²) in [4.78, 5) is 2.40. The van der Waals surface area contributed by atoms with Crippen molar-refractivity contribution < 1.29 is 17.9 Å². The van der Waals surface area contributed by atoms with Gasteiger partial charge in [-0.3, -0.25) is 10.00 Å². The van der Waals surface area contributed by atoms with E-state index in [0.717, 1.165) is 29.1 Å². The number of aryl methyl sites for hydroxylation is 2. The number of sulfonamides is 1. The molecule has 1 N–H and O–H groups in total. The predicted molar refractivity (Wildman–Crippen MR) is 107 cm³/mol. The van der Waals surface area contributed by atoms with Gasteiger partial charge in [0.25, 0.3) is 0 Å². The molecule has 0 bridgehead atoms. The van der Waals surface area contributed by atoms with Gasteiger partial charge in [-0.2, -0.15) is 9.40 Å². The Kier molecular flexibility index (Phi) is 6.39. The third-order valence-electron chi connectivity index (χ3n) is 5.14. The molecule has 2 aromatic rings. The quantitative estimate of drug-likeness (QED) is 0.750. The van der Waals surface area contributed by atoms with Gasteiger partial charge in [-0.05, 0) is 31.5 Å². The van der Waals surface area contributed by atoms with E-state index in [2.05, 4.69) is 15.1 Å². The first-order chi connectivity index (χ1) is 13.4. The first kappa shape index (κ1) is 20.8. The largest absolute Gasteiger partial charge is 0.495 e. The highest BCUT2D eigenvalue weighted by atomic mass is 32.2. The Bertz CT molecular complexity index is 899. The molecule has 3 rings (SSSR count). The average Bonchev–Trinajstić information content (AvgIpc) is 3.04. The molecule has 154 valence electrons. The number of nitrogens with zero attached hydrogens (tertiary/aromatic N) is 3. The van der Waals surface area contributed by atoms with E-state index in [1.165, 1.54) is 11.4 Å². The van der Waals surface area contributed by atoms with Gasteiger partial charge < -0.3 is 9.47 Å². The van der Waals surface area contributed by atoms with Gasteiger partial charge >= 0.3 is 0 Å². The van der Waals surface area contributed by atoms with E-state index in [4.69, 9.17) is 9.47 Å². The summed E-state index contributed by atoms with van der Waals surface area (Å²) in [7, 11) is -0.507. The van der Waals surface area contributed by atoms with Crippen molar-refractivity contribution in [3.05, 3.63) is 29.6 Å². The minimum atomic E-state index is -3.67. The highest BCUT2D eigenvalue weighted by Crippen LogP contribution is 2.34. The third-order valence-corrected chi connectivity index (χ3v) is 7.06. The number of nitrogens with one attached hydrogen (secondary N) is 1. The number of rotatable bonds is 7. The molecule has 0 spiro atoms. The van der Waals surface area contributed by atoms with Crippen LogP contribution in [0.4, 0.5) is 0 Å². The molecule has 0 saturated carbocycles. The fourth-order valence-corrected chi connectivity index (χ4v) is 5.17. The molecule has 1 aromatic carbocycles. The van der Waals surface area contributed by atoms with Gasteiger partial charge in [0.2, 0.25) is 10.0 Å². The summed E-state index contributed by atoms with van der Waals surface area (Å²) in [5.74, 6) is 0.351.